The SMILES string of the molecule is CC(C)(CCCC(=O)N1CCc2c(n(Cc3cc(F)c(Cl)cc3F)c3ncccc23)C1)C(=O)O. The summed E-state index contributed by atoms with van der Waals surface area (Å²) in [6.07, 6.45) is 3.39. The van der Waals surface area contributed by atoms with E-state index >= 15 is 0 Å². The fraction of sp³-hybridized carbons (Fsp3) is 0.400. The van der Waals surface area contributed by atoms with E-state index in [1.165, 1.54) is 0 Å². The largest absolute Gasteiger partial charge is 0.481 e. The molecule has 1 aromatic carbocycles. The number of hydrogen-bond acceptors (Lipinski definition) is 3. The van der Waals surface area contributed by atoms with E-state index in [4.69, 9.17) is 11.6 Å². The molecule has 6 nitrogen and oxygen atoms in total. The van der Waals surface area contributed by atoms with Crippen LogP contribution in [0.15, 0.2) is 30.5 Å². The number of aliphatic carboxylic acids is 1. The Morgan fingerprint density at radius 1 is 1.24 bits per heavy atom. The highest BCUT2D eigenvalue weighted by Gasteiger charge is 2.29. The fourth-order valence-corrected chi connectivity index (χ4v) is 4.60. The van der Waals surface area contributed by atoms with Gasteiger partial charge in [0.2, 0.25) is 5.91 Å². The molecule has 180 valence electrons. The Morgan fingerprint density at radius 3 is 2.74 bits per heavy atom. The molecule has 2 aromatic heterocycles. The molecule has 0 aliphatic carbocycles. The molecule has 0 atom stereocenters. The average Bonchev–Trinajstić information content (AvgIpc) is 3.10. The predicted molar refractivity (Wildman–Crippen MR) is 125 cm³/mol. The molecule has 1 N–H and O–H groups in total. The normalized spacial score (nSPS) is 13.9. The minimum Gasteiger partial charge on any atom is -0.481 e. The smallest absolute Gasteiger partial charge is 0.309 e. The number of carboxylic acid groups (broad SMARTS) is 1. The lowest BCUT2D eigenvalue weighted by molar-refractivity contribution is -0.147. The van der Waals surface area contributed by atoms with Gasteiger partial charge in [-0.15, -0.1) is 0 Å². The maximum absolute atomic E-state index is 14.6. The van der Waals surface area contributed by atoms with Crippen molar-refractivity contribution in [1.82, 2.24) is 14.5 Å². The van der Waals surface area contributed by atoms with Gasteiger partial charge in [0.1, 0.15) is 17.3 Å². The van der Waals surface area contributed by atoms with Crippen molar-refractivity contribution in [2.45, 2.75) is 52.6 Å². The second-order valence-electron chi connectivity index (χ2n) is 9.35. The first-order valence-electron chi connectivity index (χ1n) is 11.2. The average molecular weight is 490 g/mol. The van der Waals surface area contributed by atoms with Crippen LogP contribution in [-0.4, -0.2) is 38.0 Å². The Bertz CT molecular complexity index is 1270. The molecule has 9 heteroatoms. The molecule has 0 bridgehead atoms. The van der Waals surface area contributed by atoms with E-state index < -0.39 is 23.0 Å². The van der Waals surface area contributed by atoms with Crippen molar-refractivity contribution < 1.29 is 23.5 Å². The van der Waals surface area contributed by atoms with Gasteiger partial charge in [0.15, 0.2) is 0 Å². The third-order valence-corrected chi connectivity index (χ3v) is 6.85. The maximum Gasteiger partial charge on any atom is 0.309 e. The number of nitrogens with zero attached hydrogens (tertiary/aromatic N) is 3. The highest BCUT2D eigenvalue weighted by atomic mass is 35.5. The number of hydrogen-bond donors (Lipinski definition) is 1. The van der Waals surface area contributed by atoms with Gasteiger partial charge < -0.3 is 14.6 Å². The summed E-state index contributed by atoms with van der Waals surface area (Å²) < 4.78 is 30.4. The van der Waals surface area contributed by atoms with Crippen LogP contribution in [-0.2, 0) is 29.1 Å². The van der Waals surface area contributed by atoms with Crippen molar-refractivity contribution in [3.63, 3.8) is 0 Å². The van der Waals surface area contributed by atoms with E-state index in [2.05, 4.69) is 4.98 Å². The minimum absolute atomic E-state index is 0.0532. The van der Waals surface area contributed by atoms with E-state index in [1.54, 1.807) is 24.9 Å². The molecule has 34 heavy (non-hydrogen) atoms. The summed E-state index contributed by atoms with van der Waals surface area (Å²) in [5, 5.41) is 9.93. The van der Waals surface area contributed by atoms with E-state index in [-0.39, 0.29) is 29.5 Å². The highest BCUT2D eigenvalue weighted by Crippen LogP contribution is 2.32. The van der Waals surface area contributed by atoms with Crippen LogP contribution in [0.1, 0.15) is 49.9 Å². The molecule has 0 unspecified atom stereocenters. The summed E-state index contributed by atoms with van der Waals surface area (Å²) >= 11 is 5.71. The number of amides is 1. The summed E-state index contributed by atoms with van der Waals surface area (Å²) in [4.78, 5) is 30.4. The summed E-state index contributed by atoms with van der Waals surface area (Å²) in [5.41, 5.74) is 1.81. The number of halogens is 3. The Morgan fingerprint density at radius 2 is 2.00 bits per heavy atom. The molecule has 3 aromatic rings. The van der Waals surface area contributed by atoms with Gasteiger partial charge in [-0.05, 0) is 62.9 Å². The molecule has 1 aliphatic heterocycles. The number of pyridine rings is 1. The fourth-order valence-electron chi connectivity index (χ4n) is 4.45. The number of aromatic nitrogens is 2. The van der Waals surface area contributed by atoms with Crippen molar-refractivity contribution in [3.05, 3.63) is 63.9 Å². The molecule has 1 amide bonds. The number of rotatable bonds is 7. The highest BCUT2D eigenvalue weighted by molar-refractivity contribution is 6.30. The Balaban J connectivity index is 1.59. The van der Waals surface area contributed by atoms with Gasteiger partial charge >= 0.3 is 5.97 Å². The van der Waals surface area contributed by atoms with Crippen LogP contribution in [0.5, 0.6) is 0 Å². The lowest BCUT2D eigenvalue weighted by Crippen LogP contribution is -2.36. The quantitative estimate of drug-likeness (QED) is 0.464. The Hall–Kier alpha value is -3.00. The van der Waals surface area contributed by atoms with Crippen molar-refractivity contribution >= 4 is 34.5 Å². The maximum atomic E-state index is 14.6. The van der Waals surface area contributed by atoms with E-state index in [0.717, 1.165) is 28.8 Å². The summed E-state index contributed by atoms with van der Waals surface area (Å²) in [6, 6.07) is 5.83. The number of carboxylic acids is 1. The first kappa shape index (κ1) is 24.1. The van der Waals surface area contributed by atoms with Crippen molar-refractivity contribution in [3.8, 4) is 0 Å². The lowest BCUT2D eigenvalue weighted by atomic mass is 9.87. The zero-order chi connectivity index (χ0) is 24.6. The van der Waals surface area contributed by atoms with Crippen molar-refractivity contribution in [1.29, 1.82) is 0 Å². The second-order valence-corrected chi connectivity index (χ2v) is 9.76. The standard InChI is InChI=1S/C25H26ClF2N3O3/c1-25(2,24(33)34)8-3-6-22(32)30-10-7-16-17-5-4-9-29-23(17)31(21(16)14-30)13-15-11-20(28)18(26)12-19(15)27/h4-5,9,11-12H,3,6-8,10,13-14H2,1-2H3,(H,33,34). The van der Waals surface area contributed by atoms with Crippen LogP contribution in [0.2, 0.25) is 5.02 Å². The van der Waals surface area contributed by atoms with E-state index in [0.29, 0.717) is 38.0 Å². The van der Waals surface area contributed by atoms with Gasteiger partial charge in [0.25, 0.3) is 0 Å². The van der Waals surface area contributed by atoms with Crippen molar-refractivity contribution in [2.75, 3.05) is 6.54 Å². The number of benzene rings is 1. The molecular weight excluding hydrogens is 464 g/mol. The molecule has 0 radical (unpaired) electrons. The van der Waals surface area contributed by atoms with Crippen LogP contribution in [0.25, 0.3) is 11.0 Å². The summed E-state index contributed by atoms with van der Waals surface area (Å²) in [7, 11) is 0. The molecule has 4 rings (SSSR count). The Kier molecular flexibility index (Phi) is 6.62. The van der Waals surface area contributed by atoms with Crippen LogP contribution in [0.4, 0.5) is 8.78 Å². The van der Waals surface area contributed by atoms with Crippen LogP contribution >= 0.6 is 11.6 Å². The molecule has 0 saturated carbocycles. The monoisotopic (exact) mass is 489 g/mol. The van der Waals surface area contributed by atoms with E-state index in [9.17, 15) is 23.5 Å². The molecule has 0 spiro atoms. The van der Waals surface area contributed by atoms with Crippen LogP contribution < -0.4 is 0 Å². The zero-order valence-corrected chi connectivity index (χ0v) is 19.8. The first-order chi connectivity index (χ1) is 16.1. The third-order valence-electron chi connectivity index (χ3n) is 6.56. The minimum atomic E-state index is -0.884. The number of fused-ring (bicyclic) bond motifs is 3. The Labute approximate surface area is 201 Å². The lowest BCUT2D eigenvalue weighted by Gasteiger charge is -2.29. The topological polar surface area (TPSA) is 75.4 Å². The molecule has 1 aliphatic rings. The van der Waals surface area contributed by atoms with Gasteiger partial charge in [0.05, 0.1) is 23.5 Å². The zero-order valence-electron chi connectivity index (χ0n) is 19.1. The van der Waals surface area contributed by atoms with Gasteiger partial charge in [-0.25, -0.2) is 13.8 Å². The third kappa shape index (κ3) is 4.64. The predicted octanol–water partition coefficient (Wildman–Crippen LogP) is 5.18. The molecule has 3 heterocycles. The van der Waals surface area contributed by atoms with Crippen LogP contribution in [0.3, 0.4) is 0 Å². The van der Waals surface area contributed by atoms with Gasteiger partial charge in [-0.3, -0.25) is 9.59 Å². The molecular formula is C25H26ClF2N3O3. The van der Waals surface area contributed by atoms with E-state index in [1.807, 2.05) is 16.7 Å². The molecule has 0 saturated heterocycles. The van der Waals surface area contributed by atoms with Crippen LogP contribution in [0, 0.1) is 17.0 Å². The summed E-state index contributed by atoms with van der Waals surface area (Å²) in [6.45, 7) is 4.21. The second kappa shape index (κ2) is 9.33. The number of carbonyl (C=O) groups excluding carboxylic acids is 1. The summed E-state index contributed by atoms with van der Waals surface area (Å²) in [5.74, 6) is -2.24. The molecule has 0 fully saturated rings. The van der Waals surface area contributed by atoms with Gasteiger partial charge in [0, 0.05) is 35.8 Å². The number of carbonyl (C=O) groups is 2. The van der Waals surface area contributed by atoms with Crippen molar-refractivity contribution in [2.24, 2.45) is 5.41 Å². The first-order valence-corrected chi connectivity index (χ1v) is 11.6. The van der Waals surface area contributed by atoms with Gasteiger partial charge in [-0.2, -0.15) is 0 Å². The van der Waals surface area contributed by atoms with Gasteiger partial charge in [-0.1, -0.05) is 11.6 Å².